The van der Waals surface area contributed by atoms with Gasteiger partial charge in [0.05, 0.1) is 0 Å². The first-order chi connectivity index (χ1) is 4.97. The molecule has 0 saturated carbocycles. The van der Waals surface area contributed by atoms with Crippen LogP contribution in [0.2, 0.25) is 0 Å². The van der Waals surface area contributed by atoms with E-state index >= 15 is 0 Å². The summed E-state index contributed by atoms with van der Waals surface area (Å²) in [5.41, 5.74) is 0. The van der Waals surface area contributed by atoms with E-state index in [-0.39, 0.29) is 0 Å². The lowest BCUT2D eigenvalue weighted by Crippen LogP contribution is -1.87. The SMILES string of the molecule is c1ccn(-c2cnon2)c1. The van der Waals surface area contributed by atoms with Gasteiger partial charge in [0.25, 0.3) is 0 Å². The summed E-state index contributed by atoms with van der Waals surface area (Å²) in [4.78, 5) is 0. The molecule has 0 N–H and O–H groups in total. The van der Waals surface area contributed by atoms with Crippen molar-refractivity contribution in [2.45, 2.75) is 0 Å². The summed E-state index contributed by atoms with van der Waals surface area (Å²) in [6.07, 6.45) is 5.30. The van der Waals surface area contributed by atoms with Gasteiger partial charge in [-0.15, -0.1) is 0 Å². The lowest BCUT2D eigenvalue weighted by Gasteiger charge is -1.89. The van der Waals surface area contributed by atoms with Gasteiger partial charge >= 0.3 is 0 Å². The van der Waals surface area contributed by atoms with Crippen LogP contribution in [0.25, 0.3) is 5.82 Å². The molecule has 0 aromatic carbocycles. The number of hydrogen-bond acceptors (Lipinski definition) is 3. The molecule has 4 heteroatoms. The van der Waals surface area contributed by atoms with Gasteiger partial charge < -0.3 is 4.57 Å². The lowest BCUT2D eigenvalue weighted by atomic mass is 10.7. The molecule has 0 fully saturated rings. The van der Waals surface area contributed by atoms with Crippen molar-refractivity contribution < 1.29 is 4.63 Å². The van der Waals surface area contributed by atoms with Crippen LogP contribution < -0.4 is 0 Å². The average molecular weight is 135 g/mol. The number of hydrogen-bond donors (Lipinski definition) is 0. The molecule has 0 unspecified atom stereocenters. The van der Waals surface area contributed by atoms with E-state index in [4.69, 9.17) is 0 Å². The Hall–Kier alpha value is -1.58. The van der Waals surface area contributed by atoms with Crippen LogP contribution in [0.5, 0.6) is 0 Å². The maximum atomic E-state index is 4.42. The van der Waals surface area contributed by atoms with Crippen LogP contribution in [-0.2, 0) is 0 Å². The highest BCUT2D eigenvalue weighted by atomic mass is 16.6. The molecule has 2 aromatic rings. The molecule has 0 bridgehead atoms. The highest BCUT2D eigenvalue weighted by Gasteiger charge is 1.95. The zero-order valence-corrected chi connectivity index (χ0v) is 5.14. The molecule has 2 heterocycles. The Morgan fingerprint density at radius 3 is 2.70 bits per heavy atom. The molecule has 0 spiro atoms. The first-order valence-electron chi connectivity index (χ1n) is 2.88. The molecule has 0 aliphatic carbocycles. The maximum absolute atomic E-state index is 4.42. The molecular weight excluding hydrogens is 130 g/mol. The van der Waals surface area contributed by atoms with E-state index in [0.717, 1.165) is 0 Å². The fourth-order valence-corrected chi connectivity index (χ4v) is 0.761. The number of rotatable bonds is 1. The topological polar surface area (TPSA) is 43.9 Å². The van der Waals surface area contributed by atoms with Crippen LogP contribution in [0.4, 0.5) is 0 Å². The molecule has 0 atom stereocenters. The summed E-state index contributed by atoms with van der Waals surface area (Å²) in [5, 5.41) is 7.11. The normalized spacial score (nSPS) is 10.0. The van der Waals surface area contributed by atoms with Crippen molar-refractivity contribution in [1.29, 1.82) is 0 Å². The number of aromatic nitrogens is 3. The lowest BCUT2D eigenvalue weighted by molar-refractivity contribution is 0.306. The molecule has 2 aromatic heterocycles. The molecule has 10 heavy (non-hydrogen) atoms. The van der Waals surface area contributed by atoms with Crippen molar-refractivity contribution >= 4 is 0 Å². The molecular formula is C6H5N3O. The van der Waals surface area contributed by atoms with E-state index < -0.39 is 0 Å². The minimum absolute atomic E-state index is 0.699. The number of nitrogens with zero attached hydrogens (tertiary/aromatic N) is 3. The Morgan fingerprint density at radius 2 is 2.10 bits per heavy atom. The van der Waals surface area contributed by atoms with Gasteiger partial charge in [0, 0.05) is 12.4 Å². The van der Waals surface area contributed by atoms with Crippen LogP contribution >= 0.6 is 0 Å². The molecule has 0 radical (unpaired) electrons. The largest absolute Gasteiger partial charge is 0.304 e. The standard InChI is InChI=1S/C6H5N3O/c1-2-4-9(3-1)6-5-7-10-8-6/h1-5H. The molecule has 0 saturated heterocycles. The predicted molar refractivity (Wildman–Crippen MR) is 33.6 cm³/mol. The average Bonchev–Trinajstić information content (AvgIpc) is 2.59. The van der Waals surface area contributed by atoms with Crippen molar-refractivity contribution in [3.8, 4) is 5.82 Å². The first kappa shape index (κ1) is 5.22. The van der Waals surface area contributed by atoms with Crippen molar-refractivity contribution in [2.75, 3.05) is 0 Å². The molecule has 0 aliphatic heterocycles. The zero-order valence-electron chi connectivity index (χ0n) is 5.14. The Labute approximate surface area is 57.0 Å². The third-order valence-electron chi connectivity index (χ3n) is 1.22. The van der Waals surface area contributed by atoms with Crippen molar-refractivity contribution in [1.82, 2.24) is 14.9 Å². The van der Waals surface area contributed by atoms with Gasteiger partial charge in [-0.1, -0.05) is 5.16 Å². The summed E-state index contributed by atoms with van der Waals surface area (Å²) in [5.74, 6) is 0.699. The Kier molecular flexibility index (Phi) is 1.04. The predicted octanol–water partition coefficient (Wildman–Crippen LogP) is 0.860. The van der Waals surface area contributed by atoms with E-state index in [9.17, 15) is 0 Å². The van der Waals surface area contributed by atoms with Crippen molar-refractivity contribution in [3.63, 3.8) is 0 Å². The van der Waals surface area contributed by atoms with Crippen molar-refractivity contribution in [2.24, 2.45) is 0 Å². The first-order valence-corrected chi connectivity index (χ1v) is 2.88. The summed E-state index contributed by atoms with van der Waals surface area (Å²) in [6, 6.07) is 3.82. The summed E-state index contributed by atoms with van der Waals surface area (Å²) >= 11 is 0. The fourth-order valence-electron chi connectivity index (χ4n) is 0.761. The van der Waals surface area contributed by atoms with E-state index in [1.807, 2.05) is 29.1 Å². The second-order valence-corrected chi connectivity index (χ2v) is 1.86. The summed E-state index contributed by atoms with van der Waals surface area (Å²) in [6.45, 7) is 0. The Balaban J connectivity index is 2.48. The van der Waals surface area contributed by atoms with E-state index in [1.165, 1.54) is 0 Å². The van der Waals surface area contributed by atoms with E-state index in [2.05, 4.69) is 14.9 Å². The van der Waals surface area contributed by atoms with E-state index in [0.29, 0.717) is 5.82 Å². The summed E-state index contributed by atoms with van der Waals surface area (Å²) in [7, 11) is 0. The quantitative estimate of drug-likeness (QED) is 0.582. The van der Waals surface area contributed by atoms with Crippen LogP contribution in [0.15, 0.2) is 35.4 Å². The van der Waals surface area contributed by atoms with Gasteiger partial charge in [-0.05, 0) is 17.3 Å². The molecule has 0 amide bonds. The highest BCUT2D eigenvalue weighted by Crippen LogP contribution is 2.00. The molecule has 4 nitrogen and oxygen atoms in total. The third-order valence-corrected chi connectivity index (χ3v) is 1.22. The van der Waals surface area contributed by atoms with Gasteiger partial charge in [0.1, 0.15) is 6.20 Å². The second kappa shape index (κ2) is 1.98. The maximum Gasteiger partial charge on any atom is 0.201 e. The fraction of sp³-hybridized carbons (Fsp3) is 0. The van der Waals surface area contributed by atoms with Gasteiger partial charge in [-0.2, -0.15) is 0 Å². The second-order valence-electron chi connectivity index (χ2n) is 1.86. The minimum Gasteiger partial charge on any atom is -0.304 e. The van der Waals surface area contributed by atoms with Crippen LogP contribution in [-0.4, -0.2) is 14.9 Å². The van der Waals surface area contributed by atoms with Gasteiger partial charge in [-0.25, -0.2) is 4.63 Å². The highest BCUT2D eigenvalue weighted by molar-refractivity contribution is 5.16. The van der Waals surface area contributed by atoms with Gasteiger partial charge in [-0.3, -0.25) is 0 Å². The van der Waals surface area contributed by atoms with E-state index in [1.54, 1.807) is 6.20 Å². The van der Waals surface area contributed by atoms with Gasteiger partial charge in [0.15, 0.2) is 0 Å². The third kappa shape index (κ3) is 0.699. The van der Waals surface area contributed by atoms with Crippen LogP contribution in [0, 0.1) is 0 Å². The zero-order chi connectivity index (χ0) is 6.81. The summed E-state index contributed by atoms with van der Waals surface area (Å²) < 4.78 is 6.23. The smallest absolute Gasteiger partial charge is 0.201 e. The van der Waals surface area contributed by atoms with Crippen LogP contribution in [0.3, 0.4) is 0 Å². The van der Waals surface area contributed by atoms with Crippen LogP contribution in [0.1, 0.15) is 0 Å². The monoisotopic (exact) mass is 135 g/mol. The van der Waals surface area contributed by atoms with Gasteiger partial charge in [0.2, 0.25) is 5.82 Å². The Bertz CT molecular complexity index is 252. The molecule has 50 valence electrons. The molecule has 0 aliphatic rings. The molecule has 2 rings (SSSR count). The van der Waals surface area contributed by atoms with Crippen molar-refractivity contribution in [3.05, 3.63) is 30.7 Å². The Morgan fingerprint density at radius 1 is 1.30 bits per heavy atom. The minimum atomic E-state index is 0.699.